The molecule has 10 heavy (non-hydrogen) atoms. The molecular weight excluding hydrogens is 129 g/mol. The van der Waals surface area contributed by atoms with Crippen LogP contribution in [0.1, 0.15) is 19.3 Å². The van der Waals surface area contributed by atoms with Crippen molar-refractivity contribution in [3.8, 4) is 0 Å². The molecule has 0 aromatic carbocycles. The summed E-state index contributed by atoms with van der Waals surface area (Å²) in [6.07, 6.45) is 4.42. The highest BCUT2D eigenvalue weighted by Gasteiger charge is 2.37. The number of rotatable bonds is 0. The van der Waals surface area contributed by atoms with Gasteiger partial charge in [-0.05, 0) is 24.7 Å². The molecule has 0 aromatic heterocycles. The topological polar surface area (TPSA) is 12.0 Å². The van der Waals surface area contributed by atoms with Crippen molar-refractivity contribution in [2.24, 2.45) is 5.41 Å². The second-order valence-corrected chi connectivity index (χ2v) is 3.46. The Morgan fingerprint density at radius 2 is 2.30 bits per heavy atom. The lowest BCUT2D eigenvalue weighted by Gasteiger charge is -2.44. The van der Waals surface area contributed by atoms with E-state index in [1.807, 2.05) is 0 Å². The molecule has 0 atom stereocenters. The highest BCUT2D eigenvalue weighted by atomic mass is 19.1. The van der Waals surface area contributed by atoms with Gasteiger partial charge in [-0.15, -0.1) is 0 Å². The third kappa shape index (κ3) is 0.870. The van der Waals surface area contributed by atoms with Crippen molar-refractivity contribution in [2.45, 2.75) is 19.3 Å². The molecule has 0 unspecified atom stereocenters. The SMILES string of the molecule is FC1=CCC2(CC1)CNC2. The van der Waals surface area contributed by atoms with Gasteiger partial charge >= 0.3 is 0 Å². The monoisotopic (exact) mass is 141 g/mol. The van der Waals surface area contributed by atoms with Gasteiger partial charge in [-0.3, -0.25) is 0 Å². The lowest BCUT2D eigenvalue weighted by atomic mass is 9.72. The van der Waals surface area contributed by atoms with Crippen molar-refractivity contribution >= 4 is 0 Å². The Morgan fingerprint density at radius 3 is 2.70 bits per heavy atom. The van der Waals surface area contributed by atoms with Gasteiger partial charge in [0, 0.05) is 13.1 Å². The quantitative estimate of drug-likeness (QED) is 0.540. The molecule has 2 heteroatoms. The molecule has 0 bridgehead atoms. The van der Waals surface area contributed by atoms with E-state index in [9.17, 15) is 4.39 Å². The summed E-state index contributed by atoms with van der Waals surface area (Å²) in [6, 6.07) is 0. The minimum absolute atomic E-state index is 0.0949. The van der Waals surface area contributed by atoms with Gasteiger partial charge in [0.25, 0.3) is 0 Å². The van der Waals surface area contributed by atoms with Crippen molar-refractivity contribution in [2.75, 3.05) is 13.1 Å². The number of hydrogen-bond acceptors (Lipinski definition) is 1. The van der Waals surface area contributed by atoms with Gasteiger partial charge in [-0.2, -0.15) is 0 Å². The van der Waals surface area contributed by atoms with Crippen LogP contribution < -0.4 is 5.32 Å². The van der Waals surface area contributed by atoms with E-state index in [0.29, 0.717) is 11.8 Å². The van der Waals surface area contributed by atoms with Gasteiger partial charge in [0.15, 0.2) is 0 Å². The normalized spacial score (nSPS) is 29.5. The Balaban J connectivity index is 2.04. The predicted octanol–water partition coefficient (Wildman–Crippen LogP) is 1.61. The van der Waals surface area contributed by atoms with Crippen LogP contribution in [0.4, 0.5) is 4.39 Å². The van der Waals surface area contributed by atoms with Crippen LogP contribution in [0.3, 0.4) is 0 Å². The van der Waals surface area contributed by atoms with Crippen molar-refractivity contribution in [1.29, 1.82) is 0 Å². The third-order valence-corrected chi connectivity index (χ3v) is 2.65. The molecule has 0 aromatic rings. The fourth-order valence-corrected chi connectivity index (χ4v) is 1.72. The standard InChI is InChI=1S/C8H12FN/c9-7-1-3-8(4-2-7)5-10-6-8/h1,10H,2-6H2. The lowest BCUT2D eigenvalue weighted by molar-refractivity contribution is 0.143. The van der Waals surface area contributed by atoms with E-state index in [4.69, 9.17) is 0 Å². The van der Waals surface area contributed by atoms with Crippen molar-refractivity contribution < 1.29 is 4.39 Å². The smallest absolute Gasteiger partial charge is 0.0960 e. The van der Waals surface area contributed by atoms with E-state index in [1.165, 1.54) is 0 Å². The first kappa shape index (κ1) is 6.35. The number of halogens is 1. The molecule has 1 saturated heterocycles. The largest absolute Gasteiger partial charge is 0.316 e. The molecule has 1 aliphatic heterocycles. The highest BCUT2D eigenvalue weighted by molar-refractivity contribution is 5.07. The van der Waals surface area contributed by atoms with Crippen LogP contribution in [0.15, 0.2) is 11.9 Å². The minimum Gasteiger partial charge on any atom is -0.316 e. The molecular formula is C8H12FN. The maximum atomic E-state index is 12.5. The fourth-order valence-electron chi connectivity index (χ4n) is 1.72. The van der Waals surface area contributed by atoms with Crippen LogP contribution in [-0.4, -0.2) is 13.1 Å². The molecule has 1 heterocycles. The number of nitrogens with one attached hydrogen (secondary N) is 1. The zero-order chi connectivity index (χ0) is 7.03. The molecule has 1 N–H and O–H groups in total. The fraction of sp³-hybridized carbons (Fsp3) is 0.750. The predicted molar refractivity (Wildman–Crippen MR) is 38.3 cm³/mol. The molecule has 56 valence electrons. The van der Waals surface area contributed by atoms with E-state index in [0.717, 1.165) is 25.9 Å². The van der Waals surface area contributed by atoms with E-state index in [-0.39, 0.29) is 5.83 Å². The van der Waals surface area contributed by atoms with E-state index < -0.39 is 0 Å². The maximum absolute atomic E-state index is 12.5. The summed E-state index contributed by atoms with van der Waals surface area (Å²) in [4.78, 5) is 0. The van der Waals surface area contributed by atoms with Crippen LogP contribution in [0.5, 0.6) is 0 Å². The Labute approximate surface area is 60.3 Å². The van der Waals surface area contributed by atoms with Gasteiger partial charge in [0.1, 0.15) is 0 Å². The summed E-state index contributed by atoms with van der Waals surface area (Å²) in [6.45, 7) is 2.19. The van der Waals surface area contributed by atoms with Crippen molar-refractivity contribution in [3.05, 3.63) is 11.9 Å². The second kappa shape index (κ2) is 2.06. The number of allylic oxidation sites excluding steroid dienone is 2. The van der Waals surface area contributed by atoms with Crippen LogP contribution in [0, 0.1) is 5.41 Å². The first-order valence-electron chi connectivity index (χ1n) is 3.86. The van der Waals surface area contributed by atoms with Gasteiger partial charge in [-0.25, -0.2) is 4.39 Å². The molecule has 1 fully saturated rings. The molecule has 2 rings (SSSR count). The first-order valence-corrected chi connectivity index (χ1v) is 3.86. The van der Waals surface area contributed by atoms with E-state index in [2.05, 4.69) is 5.32 Å². The summed E-state index contributed by atoms with van der Waals surface area (Å²) >= 11 is 0. The van der Waals surface area contributed by atoms with Crippen molar-refractivity contribution in [3.63, 3.8) is 0 Å². The zero-order valence-corrected chi connectivity index (χ0v) is 5.99. The summed E-state index contributed by atoms with van der Waals surface area (Å²) in [5, 5.41) is 3.23. The van der Waals surface area contributed by atoms with Crippen LogP contribution in [0.25, 0.3) is 0 Å². The summed E-state index contributed by atoms with van der Waals surface area (Å²) < 4.78 is 12.5. The summed E-state index contributed by atoms with van der Waals surface area (Å²) in [7, 11) is 0. The molecule has 0 amide bonds. The highest BCUT2D eigenvalue weighted by Crippen LogP contribution is 2.38. The summed E-state index contributed by atoms with van der Waals surface area (Å²) in [5.41, 5.74) is 0.454. The molecule has 1 spiro atoms. The second-order valence-electron chi connectivity index (χ2n) is 3.46. The first-order chi connectivity index (χ1) is 4.81. The maximum Gasteiger partial charge on any atom is 0.0960 e. The minimum atomic E-state index is 0.0949. The molecule has 1 aliphatic carbocycles. The zero-order valence-electron chi connectivity index (χ0n) is 5.99. The van der Waals surface area contributed by atoms with Gasteiger partial charge in [-0.1, -0.05) is 6.08 Å². The van der Waals surface area contributed by atoms with Crippen LogP contribution in [0.2, 0.25) is 0 Å². The van der Waals surface area contributed by atoms with Crippen LogP contribution >= 0.6 is 0 Å². The molecule has 1 nitrogen and oxygen atoms in total. The molecule has 0 saturated carbocycles. The van der Waals surface area contributed by atoms with E-state index >= 15 is 0 Å². The molecule has 0 radical (unpaired) electrons. The summed E-state index contributed by atoms with van der Waals surface area (Å²) in [5.74, 6) is 0.0949. The third-order valence-electron chi connectivity index (χ3n) is 2.65. The van der Waals surface area contributed by atoms with Gasteiger partial charge < -0.3 is 5.32 Å². The van der Waals surface area contributed by atoms with Crippen molar-refractivity contribution in [1.82, 2.24) is 5.32 Å². The molecule has 2 aliphatic rings. The van der Waals surface area contributed by atoms with Gasteiger partial charge in [0.2, 0.25) is 0 Å². The lowest BCUT2D eigenvalue weighted by Crippen LogP contribution is -2.53. The Hall–Kier alpha value is -0.370. The number of hydrogen-bond donors (Lipinski definition) is 1. The van der Waals surface area contributed by atoms with Crippen LogP contribution in [-0.2, 0) is 0 Å². The Morgan fingerprint density at radius 1 is 1.50 bits per heavy atom. The average molecular weight is 141 g/mol. The Bertz CT molecular complexity index is 170. The average Bonchev–Trinajstić information content (AvgIpc) is 1.86. The van der Waals surface area contributed by atoms with Gasteiger partial charge in [0.05, 0.1) is 5.83 Å². The van der Waals surface area contributed by atoms with E-state index in [1.54, 1.807) is 6.08 Å². The Kier molecular flexibility index (Phi) is 1.31.